The molecule has 0 amide bonds. The summed E-state index contributed by atoms with van der Waals surface area (Å²) in [6.45, 7) is 0. The fraction of sp³-hybridized carbons (Fsp3) is 0.200. The third-order valence-electron chi connectivity index (χ3n) is 3.32. The van der Waals surface area contributed by atoms with Crippen LogP contribution in [0, 0.1) is 10.1 Å². The van der Waals surface area contributed by atoms with Crippen LogP contribution < -0.4 is 0 Å². The van der Waals surface area contributed by atoms with E-state index < -0.39 is 6.04 Å². The molecule has 2 aromatic carbocycles. The zero-order valence-electron chi connectivity index (χ0n) is 10.9. The van der Waals surface area contributed by atoms with Crippen molar-refractivity contribution in [3.8, 4) is 0 Å². The van der Waals surface area contributed by atoms with E-state index in [4.69, 9.17) is 11.6 Å². The summed E-state index contributed by atoms with van der Waals surface area (Å²) in [5.74, 6) is 0. The molecule has 6 heteroatoms. The van der Waals surface area contributed by atoms with Crippen LogP contribution in [-0.4, -0.2) is 15.5 Å². The summed E-state index contributed by atoms with van der Waals surface area (Å²) in [7, 11) is 0. The average Bonchev–Trinajstić information content (AvgIpc) is 2.44. The summed E-state index contributed by atoms with van der Waals surface area (Å²) in [4.78, 5) is 12.3. The summed E-state index contributed by atoms with van der Waals surface area (Å²) in [6.07, 6.45) is 0. The van der Waals surface area contributed by atoms with Gasteiger partial charge in [-0.25, -0.2) is 0 Å². The van der Waals surface area contributed by atoms with Gasteiger partial charge in [-0.1, -0.05) is 48.0 Å². The molecule has 0 N–H and O–H groups in total. The van der Waals surface area contributed by atoms with Crippen molar-refractivity contribution in [2.75, 3.05) is 0 Å². The van der Waals surface area contributed by atoms with E-state index in [-0.39, 0.29) is 14.8 Å². The van der Waals surface area contributed by atoms with Gasteiger partial charge in [0.15, 0.2) is 0 Å². The quantitative estimate of drug-likeness (QED) is 0.588. The second kappa shape index (κ2) is 6.30. The molecule has 108 valence electrons. The molecule has 1 fully saturated rings. The summed E-state index contributed by atoms with van der Waals surface area (Å²) >= 11 is 9.33. The lowest BCUT2D eigenvalue weighted by Crippen LogP contribution is -2.43. The van der Waals surface area contributed by atoms with E-state index in [1.54, 1.807) is 29.6 Å². The smallest absolute Gasteiger partial charge is 0.249 e. The Hall–Kier alpha value is -1.17. The highest BCUT2D eigenvalue weighted by molar-refractivity contribution is 8.18. The molecular weight excluding hydrogens is 326 g/mol. The Morgan fingerprint density at radius 3 is 2.43 bits per heavy atom. The van der Waals surface area contributed by atoms with Crippen LogP contribution in [0.4, 0.5) is 0 Å². The zero-order valence-corrected chi connectivity index (χ0v) is 13.3. The highest BCUT2D eigenvalue weighted by Crippen LogP contribution is 2.56. The van der Waals surface area contributed by atoms with Crippen molar-refractivity contribution in [2.45, 2.75) is 20.8 Å². The van der Waals surface area contributed by atoms with Crippen LogP contribution >= 0.6 is 35.1 Å². The first-order chi connectivity index (χ1) is 10.2. The van der Waals surface area contributed by atoms with Gasteiger partial charge in [-0.05, 0) is 23.8 Å². The standard InChI is InChI=1S/C15H12ClNO2S2/c16-12-9-5-4-8-11(12)14-13(17(18)19)15(21-14)20-10-6-2-1-3-7-10/h1-9,13-15H/t13-,14-,15-/m1/s1. The Morgan fingerprint density at radius 1 is 1.10 bits per heavy atom. The van der Waals surface area contributed by atoms with Crippen molar-refractivity contribution >= 4 is 35.1 Å². The highest BCUT2D eigenvalue weighted by Gasteiger charge is 2.52. The molecule has 21 heavy (non-hydrogen) atoms. The molecule has 0 unspecified atom stereocenters. The van der Waals surface area contributed by atoms with Gasteiger partial charge in [0.05, 0.1) is 0 Å². The minimum absolute atomic E-state index is 0.0799. The Morgan fingerprint density at radius 2 is 1.76 bits per heavy atom. The van der Waals surface area contributed by atoms with Crippen LogP contribution in [-0.2, 0) is 0 Å². The van der Waals surface area contributed by atoms with Gasteiger partial charge in [-0.3, -0.25) is 10.1 Å². The van der Waals surface area contributed by atoms with Crippen molar-refractivity contribution in [1.29, 1.82) is 0 Å². The summed E-state index contributed by atoms with van der Waals surface area (Å²) in [5, 5.41) is 11.8. The van der Waals surface area contributed by atoms with Crippen LogP contribution in [0.25, 0.3) is 0 Å². The Bertz CT molecular complexity index is 653. The number of hydrogen-bond donors (Lipinski definition) is 0. The molecule has 0 radical (unpaired) electrons. The number of nitrogens with zero attached hydrogens (tertiary/aromatic N) is 1. The summed E-state index contributed by atoms with van der Waals surface area (Å²) in [5.41, 5.74) is 0.857. The SMILES string of the molecule is O=[N+]([O-])[C@H]1[C@H](Sc2ccccc2)S[C@@H]1c1ccccc1Cl. The molecule has 3 nitrogen and oxygen atoms in total. The number of halogens is 1. The average molecular weight is 338 g/mol. The molecule has 2 aromatic rings. The molecule has 3 atom stereocenters. The normalized spacial score (nSPS) is 24.3. The molecule has 1 heterocycles. The van der Waals surface area contributed by atoms with Crippen molar-refractivity contribution in [2.24, 2.45) is 0 Å². The zero-order chi connectivity index (χ0) is 14.8. The van der Waals surface area contributed by atoms with Gasteiger partial charge in [0.2, 0.25) is 6.04 Å². The lowest BCUT2D eigenvalue weighted by atomic mass is 10.1. The maximum atomic E-state index is 11.4. The fourth-order valence-electron chi connectivity index (χ4n) is 2.26. The van der Waals surface area contributed by atoms with Crippen LogP contribution in [0.3, 0.4) is 0 Å². The van der Waals surface area contributed by atoms with Gasteiger partial charge in [0, 0.05) is 14.8 Å². The van der Waals surface area contributed by atoms with Gasteiger partial charge in [-0.2, -0.15) is 0 Å². The molecule has 1 aliphatic heterocycles. The first-order valence-corrected chi connectivity index (χ1v) is 8.62. The summed E-state index contributed by atoms with van der Waals surface area (Å²) in [6, 6.07) is 16.5. The lowest BCUT2D eigenvalue weighted by Gasteiger charge is -2.37. The second-order valence-corrected chi connectivity index (χ2v) is 7.86. The van der Waals surface area contributed by atoms with Crippen LogP contribution in [0.1, 0.15) is 10.8 Å². The monoisotopic (exact) mass is 337 g/mol. The van der Waals surface area contributed by atoms with Gasteiger partial charge < -0.3 is 0 Å². The van der Waals surface area contributed by atoms with E-state index in [0.717, 1.165) is 10.5 Å². The van der Waals surface area contributed by atoms with Gasteiger partial charge >= 0.3 is 0 Å². The van der Waals surface area contributed by atoms with Crippen molar-refractivity contribution in [1.82, 2.24) is 0 Å². The van der Waals surface area contributed by atoms with Gasteiger partial charge in [0.1, 0.15) is 9.83 Å². The molecule has 0 aromatic heterocycles. The molecule has 0 bridgehead atoms. The summed E-state index contributed by atoms with van der Waals surface area (Å²) < 4.78 is -0.0799. The number of thioether (sulfide) groups is 2. The third-order valence-corrected chi connectivity index (χ3v) is 6.72. The molecule has 0 aliphatic carbocycles. The topological polar surface area (TPSA) is 43.1 Å². The van der Waals surface area contributed by atoms with Crippen molar-refractivity contribution < 1.29 is 4.92 Å². The van der Waals surface area contributed by atoms with E-state index >= 15 is 0 Å². The maximum absolute atomic E-state index is 11.4. The fourth-order valence-corrected chi connectivity index (χ4v) is 5.78. The van der Waals surface area contributed by atoms with E-state index in [1.807, 2.05) is 48.5 Å². The molecule has 3 rings (SSSR count). The lowest BCUT2D eigenvalue weighted by molar-refractivity contribution is -0.522. The van der Waals surface area contributed by atoms with Crippen LogP contribution in [0.2, 0.25) is 5.02 Å². The predicted octanol–water partition coefficient (Wildman–Crippen LogP) is 4.89. The van der Waals surface area contributed by atoms with Gasteiger partial charge in [0.25, 0.3) is 0 Å². The molecule has 1 saturated heterocycles. The van der Waals surface area contributed by atoms with E-state index in [9.17, 15) is 10.1 Å². The number of nitro groups is 1. The maximum Gasteiger partial charge on any atom is 0.249 e. The Labute approximate surface area is 136 Å². The minimum atomic E-state index is -0.611. The number of benzene rings is 2. The van der Waals surface area contributed by atoms with E-state index in [2.05, 4.69) is 0 Å². The Kier molecular flexibility index (Phi) is 4.42. The van der Waals surface area contributed by atoms with E-state index in [0.29, 0.717) is 5.02 Å². The number of rotatable bonds is 4. The molecule has 1 aliphatic rings. The first kappa shape index (κ1) is 14.8. The van der Waals surface area contributed by atoms with Crippen molar-refractivity contribution in [3.63, 3.8) is 0 Å². The Balaban J connectivity index is 1.78. The first-order valence-electron chi connectivity index (χ1n) is 6.42. The third kappa shape index (κ3) is 3.05. The number of hydrogen-bond acceptors (Lipinski definition) is 4. The largest absolute Gasteiger partial charge is 0.264 e. The predicted molar refractivity (Wildman–Crippen MR) is 88.7 cm³/mol. The highest BCUT2D eigenvalue weighted by atomic mass is 35.5. The van der Waals surface area contributed by atoms with Gasteiger partial charge in [-0.15, -0.1) is 23.5 Å². The second-order valence-electron chi connectivity index (χ2n) is 4.65. The van der Waals surface area contributed by atoms with Crippen LogP contribution in [0.15, 0.2) is 59.5 Å². The van der Waals surface area contributed by atoms with E-state index in [1.165, 1.54) is 0 Å². The minimum Gasteiger partial charge on any atom is -0.264 e. The molecule has 0 saturated carbocycles. The molecule has 0 spiro atoms. The molecular formula is C15H12ClNO2S2. The van der Waals surface area contributed by atoms with Crippen molar-refractivity contribution in [3.05, 3.63) is 75.3 Å². The van der Waals surface area contributed by atoms with Crippen LogP contribution in [0.5, 0.6) is 0 Å².